The van der Waals surface area contributed by atoms with Crippen molar-refractivity contribution in [1.82, 2.24) is 9.38 Å². The van der Waals surface area contributed by atoms with Gasteiger partial charge in [-0.15, -0.1) is 0 Å². The topological polar surface area (TPSA) is 17.3 Å². The number of aryl methyl sites for hydroxylation is 2. The van der Waals surface area contributed by atoms with E-state index in [0.717, 1.165) is 12.1 Å². The molecule has 0 radical (unpaired) electrons. The first-order valence-electron chi connectivity index (χ1n) is 4.74. The number of hydrogen-bond donors (Lipinski definition) is 0. The summed E-state index contributed by atoms with van der Waals surface area (Å²) in [5.41, 5.74) is 3.63. The van der Waals surface area contributed by atoms with Crippen LogP contribution in [0.25, 0.3) is 5.65 Å². The van der Waals surface area contributed by atoms with Crippen molar-refractivity contribution in [3.8, 4) is 0 Å². The van der Waals surface area contributed by atoms with Crippen LogP contribution in [-0.2, 0) is 6.42 Å². The molecular formula is C11H14N2. The third-order valence-corrected chi connectivity index (χ3v) is 2.30. The Kier molecular flexibility index (Phi) is 2.05. The van der Waals surface area contributed by atoms with Crippen molar-refractivity contribution < 1.29 is 0 Å². The molecule has 0 aliphatic heterocycles. The fourth-order valence-electron chi connectivity index (χ4n) is 1.59. The molecule has 0 saturated heterocycles. The molecule has 2 rings (SSSR count). The molecule has 0 amide bonds. The molecule has 0 N–H and O–H groups in total. The highest BCUT2D eigenvalue weighted by molar-refractivity contribution is 5.43. The Morgan fingerprint density at radius 1 is 1.46 bits per heavy atom. The minimum absolute atomic E-state index is 1.06. The molecule has 0 aliphatic rings. The Balaban J connectivity index is 2.50. The van der Waals surface area contributed by atoms with E-state index in [-0.39, 0.29) is 0 Å². The van der Waals surface area contributed by atoms with E-state index in [4.69, 9.17) is 0 Å². The SMILES string of the molecule is CCCc1ccn2c(C)cnc2c1. The Morgan fingerprint density at radius 2 is 2.31 bits per heavy atom. The number of pyridine rings is 1. The summed E-state index contributed by atoms with van der Waals surface area (Å²) in [4.78, 5) is 4.32. The summed E-state index contributed by atoms with van der Waals surface area (Å²) < 4.78 is 2.11. The molecule has 2 aromatic rings. The summed E-state index contributed by atoms with van der Waals surface area (Å²) in [6.07, 6.45) is 6.34. The lowest BCUT2D eigenvalue weighted by atomic mass is 10.1. The van der Waals surface area contributed by atoms with E-state index in [1.165, 1.54) is 17.7 Å². The first-order chi connectivity index (χ1) is 6.31. The average Bonchev–Trinajstić information content (AvgIpc) is 2.48. The fraction of sp³-hybridized carbons (Fsp3) is 0.364. The van der Waals surface area contributed by atoms with Gasteiger partial charge in [0.1, 0.15) is 5.65 Å². The highest BCUT2D eigenvalue weighted by atomic mass is 15.0. The molecule has 0 spiro atoms. The summed E-state index contributed by atoms with van der Waals surface area (Å²) in [5.74, 6) is 0. The van der Waals surface area contributed by atoms with E-state index in [1.807, 2.05) is 6.20 Å². The molecule has 0 aliphatic carbocycles. The highest BCUT2D eigenvalue weighted by Crippen LogP contribution is 2.09. The highest BCUT2D eigenvalue weighted by Gasteiger charge is 1.98. The van der Waals surface area contributed by atoms with Gasteiger partial charge in [-0.1, -0.05) is 13.3 Å². The van der Waals surface area contributed by atoms with E-state index in [1.54, 1.807) is 0 Å². The van der Waals surface area contributed by atoms with Crippen LogP contribution in [0.2, 0.25) is 0 Å². The summed E-state index contributed by atoms with van der Waals surface area (Å²) in [6, 6.07) is 4.34. The van der Waals surface area contributed by atoms with E-state index >= 15 is 0 Å². The molecule has 13 heavy (non-hydrogen) atoms. The number of imidazole rings is 1. The third kappa shape index (κ3) is 1.44. The maximum absolute atomic E-state index is 4.32. The minimum atomic E-state index is 1.06. The predicted molar refractivity (Wildman–Crippen MR) is 53.9 cm³/mol. The van der Waals surface area contributed by atoms with Gasteiger partial charge in [0.15, 0.2) is 0 Å². The molecule has 2 nitrogen and oxygen atoms in total. The van der Waals surface area contributed by atoms with Crippen molar-refractivity contribution in [1.29, 1.82) is 0 Å². The van der Waals surface area contributed by atoms with Gasteiger partial charge in [0.2, 0.25) is 0 Å². The molecule has 0 fully saturated rings. The normalized spacial score (nSPS) is 10.9. The standard InChI is InChI=1S/C11H14N2/c1-3-4-10-5-6-13-9(2)8-12-11(13)7-10/h5-8H,3-4H2,1-2H3. The summed E-state index contributed by atoms with van der Waals surface area (Å²) >= 11 is 0. The summed E-state index contributed by atoms with van der Waals surface area (Å²) in [6.45, 7) is 4.26. The van der Waals surface area contributed by atoms with Gasteiger partial charge in [0.05, 0.1) is 0 Å². The monoisotopic (exact) mass is 174 g/mol. The van der Waals surface area contributed by atoms with Gasteiger partial charge in [0.25, 0.3) is 0 Å². The lowest BCUT2D eigenvalue weighted by molar-refractivity contribution is 0.916. The second-order valence-electron chi connectivity index (χ2n) is 3.41. The van der Waals surface area contributed by atoms with Gasteiger partial charge in [-0.2, -0.15) is 0 Å². The zero-order valence-electron chi connectivity index (χ0n) is 8.12. The van der Waals surface area contributed by atoms with E-state index in [0.29, 0.717) is 0 Å². The smallest absolute Gasteiger partial charge is 0.137 e. The van der Waals surface area contributed by atoms with Crippen LogP contribution in [0.5, 0.6) is 0 Å². The lowest BCUT2D eigenvalue weighted by Crippen LogP contribution is -1.89. The van der Waals surface area contributed by atoms with Crippen LogP contribution in [0.4, 0.5) is 0 Å². The van der Waals surface area contributed by atoms with Crippen LogP contribution in [0.3, 0.4) is 0 Å². The van der Waals surface area contributed by atoms with Crippen molar-refractivity contribution in [2.24, 2.45) is 0 Å². The van der Waals surface area contributed by atoms with Crippen molar-refractivity contribution in [2.75, 3.05) is 0 Å². The number of rotatable bonds is 2. The Bertz CT molecular complexity index is 415. The van der Waals surface area contributed by atoms with Gasteiger partial charge in [-0.05, 0) is 31.0 Å². The number of fused-ring (bicyclic) bond motifs is 1. The number of aromatic nitrogens is 2. The maximum atomic E-state index is 4.32. The van der Waals surface area contributed by atoms with Crippen LogP contribution in [0, 0.1) is 6.92 Å². The molecule has 68 valence electrons. The van der Waals surface area contributed by atoms with Crippen LogP contribution in [0.1, 0.15) is 24.6 Å². The first-order valence-corrected chi connectivity index (χ1v) is 4.74. The van der Waals surface area contributed by atoms with E-state index in [2.05, 4.69) is 41.6 Å². The quantitative estimate of drug-likeness (QED) is 0.684. The van der Waals surface area contributed by atoms with Gasteiger partial charge >= 0.3 is 0 Å². The molecule has 0 bridgehead atoms. The molecule has 0 atom stereocenters. The molecule has 0 aromatic carbocycles. The van der Waals surface area contributed by atoms with Crippen LogP contribution in [0.15, 0.2) is 24.5 Å². The lowest BCUT2D eigenvalue weighted by Gasteiger charge is -2.00. The van der Waals surface area contributed by atoms with Crippen LogP contribution in [-0.4, -0.2) is 9.38 Å². The summed E-state index contributed by atoms with van der Waals surface area (Å²) in [7, 11) is 0. The maximum Gasteiger partial charge on any atom is 0.137 e. The number of nitrogens with zero attached hydrogens (tertiary/aromatic N) is 2. The van der Waals surface area contributed by atoms with Crippen LogP contribution < -0.4 is 0 Å². The summed E-state index contributed by atoms with van der Waals surface area (Å²) in [5, 5.41) is 0. The van der Waals surface area contributed by atoms with Crippen LogP contribution >= 0.6 is 0 Å². The zero-order valence-corrected chi connectivity index (χ0v) is 8.12. The van der Waals surface area contributed by atoms with Gasteiger partial charge < -0.3 is 4.40 Å². The molecule has 0 unspecified atom stereocenters. The molecular weight excluding hydrogens is 160 g/mol. The predicted octanol–water partition coefficient (Wildman–Crippen LogP) is 2.60. The third-order valence-electron chi connectivity index (χ3n) is 2.30. The van der Waals surface area contributed by atoms with Gasteiger partial charge in [-0.3, -0.25) is 0 Å². The fourth-order valence-corrected chi connectivity index (χ4v) is 1.59. The Morgan fingerprint density at radius 3 is 3.08 bits per heavy atom. The molecule has 2 heteroatoms. The Labute approximate surface area is 78.2 Å². The minimum Gasteiger partial charge on any atom is -0.304 e. The van der Waals surface area contributed by atoms with E-state index < -0.39 is 0 Å². The van der Waals surface area contributed by atoms with Crippen molar-refractivity contribution in [3.05, 3.63) is 35.8 Å². The Hall–Kier alpha value is -1.31. The molecule has 2 heterocycles. The average molecular weight is 174 g/mol. The molecule has 0 saturated carbocycles. The van der Waals surface area contributed by atoms with Crippen molar-refractivity contribution in [2.45, 2.75) is 26.7 Å². The van der Waals surface area contributed by atoms with Gasteiger partial charge in [-0.25, -0.2) is 4.98 Å². The first kappa shape index (κ1) is 8.30. The second kappa shape index (κ2) is 3.21. The molecule has 2 aromatic heterocycles. The van der Waals surface area contributed by atoms with Gasteiger partial charge in [0, 0.05) is 18.1 Å². The second-order valence-corrected chi connectivity index (χ2v) is 3.41. The van der Waals surface area contributed by atoms with Crippen molar-refractivity contribution >= 4 is 5.65 Å². The zero-order chi connectivity index (χ0) is 9.26. The van der Waals surface area contributed by atoms with Crippen molar-refractivity contribution in [3.63, 3.8) is 0 Å². The number of hydrogen-bond acceptors (Lipinski definition) is 1. The van der Waals surface area contributed by atoms with E-state index in [9.17, 15) is 0 Å². The largest absolute Gasteiger partial charge is 0.304 e.